The molecule has 0 fully saturated rings. The number of hydrogen-bond acceptors (Lipinski definition) is 5. The number of nitro benzene ring substituents is 1. The van der Waals surface area contributed by atoms with E-state index < -0.39 is 4.92 Å². The first-order valence-electron chi connectivity index (χ1n) is 6.78. The van der Waals surface area contributed by atoms with Crippen molar-refractivity contribution in [2.24, 2.45) is 0 Å². The van der Waals surface area contributed by atoms with Crippen LogP contribution in [-0.4, -0.2) is 22.9 Å². The number of benzene rings is 1. The van der Waals surface area contributed by atoms with Gasteiger partial charge in [0.05, 0.1) is 12.0 Å². The highest BCUT2D eigenvalue weighted by molar-refractivity contribution is 5.91. The minimum atomic E-state index is -0.469. The van der Waals surface area contributed by atoms with Crippen molar-refractivity contribution in [3.05, 3.63) is 69.9 Å². The van der Waals surface area contributed by atoms with Gasteiger partial charge in [0.1, 0.15) is 0 Å². The third-order valence-corrected chi connectivity index (χ3v) is 3.00. The molecular weight excluding hydrogens is 298 g/mol. The highest BCUT2D eigenvalue weighted by atomic mass is 16.6. The topological polar surface area (TPSA) is 94.4 Å². The fourth-order valence-corrected chi connectivity index (χ4v) is 1.76. The molecule has 2 rings (SSSR count). The lowest BCUT2D eigenvalue weighted by molar-refractivity contribution is -0.384. The Morgan fingerprint density at radius 3 is 2.61 bits per heavy atom. The lowest BCUT2D eigenvalue weighted by atomic mass is 10.2. The van der Waals surface area contributed by atoms with E-state index in [2.05, 4.69) is 10.3 Å². The van der Waals surface area contributed by atoms with Crippen LogP contribution >= 0.6 is 0 Å². The Kier molecular flexibility index (Phi) is 5.40. The molecule has 0 bridgehead atoms. The second kappa shape index (κ2) is 7.69. The molecule has 0 aliphatic carbocycles. The zero-order valence-corrected chi connectivity index (χ0v) is 12.4. The van der Waals surface area contributed by atoms with Gasteiger partial charge in [0, 0.05) is 37.0 Å². The van der Waals surface area contributed by atoms with Gasteiger partial charge in [-0.05, 0) is 29.3 Å². The highest BCUT2D eigenvalue weighted by Crippen LogP contribution is 2.12. The number of amides is 1. The first-order chi connectivity index (χ1) is 11.1. The third kappa shape index (κ3) is 4.92. The first kappa shape index (κ1) is 16.2. The SMILES string of the molecule is COc1ccc(CNC(=O)/C=C/c2ccc([N+](=O)[O-])cc2)cn1. The number of carbonyl (C=O) groups excluding carboxylic acids is 1. The number of pyridine rings is 1. The smallest absolute Gasteiger partial charge is 0.269 e. The van der Waals surface area contributed by atoms with Crippen molar-refractivity contribution in [2.75, 3.05) is 7.11 Å². The average molecular weight is 313 g/mol. The van der Waals surface area contributed by atoms with Gasteiger partial charge in [-0.2, -0.15) is 0 Å². The molecule has 23 heavy (non-hydrogen) atoms. The zero-order valence-electron chi connectivity index (χ0n) is 12.4. The van der Waals surface area contributed by atoms with Crippen molar-refractivity contribution in [1.29, 1.82) is 0 Å². The summed E-state index contributed by atoms with van der Waals surface area (Å²) in [5, 5.41) is 13.3. The van der Waals surface area contributed by atoms with E-state index in [1.165, 1.54) is 25.3 Å². The minimum absolute atomic E-state index is 0.0126. The Balaban J connectivity index is 1.86. The van der Waals surface area contributed by atoms with Gasteiger partial charge in [-0.1, -0.05) is 6.07 Å². The van der Waals surface area contributed by atoms with Crippen LogP contribution in [0.4, 0.5) is 5.69 Å². The van der Waals surface area contributed by atoms with Crippen molar-refractivity contribution in [2.45, 2.75) is 6.54 Å². The van der Waals surface area contributed by atoms with Crippen LogP contribution in [-0.2, 0) is 11.3 Å². The monoisotopic (exact) mass is 313 g/mol. The van der Waals surface area contributed by atoms with Crippen LogP contribution in [0.15, 0.2) is 48.7 Å². The normalized spacial score (nSPS) is 10.5. The fourth-order valence-electron chi connectivity index (χ4n) is 1.76. The van der Waals surface area contributed by atoms with Crippen LogP contribution < -0.4 is 10.1 Å². The summed E-state index contributed by atoms with van der Waals surface area (Å²) in [6, 6.07) is 9.46. The van der Waals surface area contributed by atoms with E-state index in [-0.39, 0.29) is 11.6 Å². The Bertz CT molecular complexity index is 709. The van der Waals surface area contributed by atoms with Gasteiger partial charge in [0.25, 0.3) is 5.69 Å². The number of rotatable bonds is 6. The number of nitrogens with one attached hydrogen (secondary N) is 1. The van der Waals surface area contributed by atoms with Crippen molar-refractivity contribution in [1.82, 2.24) is 10.3 Å². The quantitative estimate of drug-likeness (QED) is 0.502. The van der Waals surface area contributed by atoms with Gasteiger partial charge in [-0.25, -0.2) is 4.98 Å². The maximum absolute atomic E-state index is 11.7. The van der Waals surface area contributed by atoms with Gasteiger partial charge in [-0.3, -0.25) is 14.9 Å². The molecule has 0 atom stereocenters. The predicted molar refractivity (Wildman–Crippen MR) is 84.8 cm³/mol. The maximum atomic E-state index is 11.7. The molecule has 1 aromatic carbocycles. The Labute approximate surface area is 132 Å². The molecule has 0 saturated heterocycles. The third-order valence-electron chi connectivity index (χ3n) is 3.00. The molecule has 2 aromatic rings. The van der Waals surface area contributed by atoms with E-state index in [0.29, 0.717) is 18.0 Å². The van der Waals surface area contributed by atoms with Crippen molar-refractivity contribution in [3.8, 4) is 5.88 Å². The van der Waals surface area contributed by atoms with Gasteiger partial charge in [0.2, 0.25) is 11.8 Å². The molecule has 1 N–H and O–H groups in total. The van der Waals surface area contributed by atoms with Crippen molar-refractivity contribution >= 4 is 17.7 Å². The Morgan fingerprint density at radius 2 is 2.04 bits per heavy atom. The summed E-state index contributed by atoms with van der Waals surface area (Å²) >= 11 is 0. The number of nitrogens with zero attached hydrogens (tertiary/aromatic N) is 2. The van der Waals surface area contributed by atoms with Crippen LogP contribution in [0.1, 0.15) is 11.1 Å². The lowest BCUT2D eigenvalue weighted by Gasteiger charge is -2.03. The number of carbonyl (C=O) groups is 1. The number of nitro groups is 1. The molecule has 7 nitrogen and oxygen atoms in total. The van der Waals surface area contributed by atoms with Crippen LogP contribution in [0.25, 0.3) is 6.08 Å². The molecule has 0 aliphatic heterocycles. The number of aromatic nitrogens is 1. The Hall–Kier alpha value is -3.22. The van der Waals surface area contributed by atoms with E-state index in [1.807, 2.05) is 6.07 Å². The van der Waals surface area contributed by atoms with Crippen LogP contribution in [0.2, 0.25) is 0 Å². The molecule has 0 spiro atoms. The summed E-state index contributed by atoms with van der Waals surface area (Å²) in [6.07, 6.45) is 4.59. The summed E-state index contributed by atoms with van der Waals surface area (Å²) in [5.41, 5.74) is 1.57. The number of hydrogen-bond donors (Lipinski definition) is 1. The fraction of sp³-hybridized carbons (Fsp3) is 0.125. The van der Waals surface area contributed by atoms with Gasteiger partial charge < -0.3 is 10.1 Å². The van der Waals surface area contributed by atoms with E-state index in [1.54, 1.807) is 30.5 Å². The summed E-state index contributed by atoms with van der Waals surface area (Å²) in [7, 11) is 1.53. The number of non-ortho nitro benzene ring substituents is 1. The molecule has 0 aliphatic rings. The molecular formula is C16H15N3O4. The molecule has 0 unspecified atom stereocenters. The van der Waals surface area contributed by atoms with Crippen LogP contribution in [0.3, 0.4) is 0 Å². The average Bonchev–Trinajstić information content (AvgIpc) is 2.59. The van der Waals surface area contributed by atoms with E-state index in [4.69, 9.17) is 4.74 Å². The summed E-state index contributed by atoms with van der Waals surface area (Å²) in [6.45, 7) is 0.348. The minimum Gasteiger partial charge on any atom is -0.481 e. The Morgan fingerprint density at radius 1 is 1.30 bits per heavy atom. The molecule has 1 aromatic heterocycles. The molecule has 118 valence electrons. The summed E-state index contributed by atoms with van der Waals surface area (Å²) < 4.78 is 4.95. The van der Waals surface area contributed by atoms with E-state index in [0.717, 1.165) is 5.56 Å². The number of methoxy groups -OCH3 is 1. The largest absolute Gasteiger partial charge is 0.481 e. The zero-order chi connectivity index (χ0) is 16.7. The highest BCUT2D eigenvalue weighted by Gasteiger charge is 2.03. The standard InChI is InChI=1S/C16H15N3O4/c1-23-16-9-5-13(11-18-16)10-17-15(20)8-4-12-2-6-14(7-3-12)19(21)22/h2-9,11H,10H2,1H3,(H,17,20)/b8-4+. The van der Waals surface area contributed by atoms with Gasteiger partial charge in [0.15, 0.2) is 0 Å². The molecule has 1 amide bonds. The lowest BCUT2D eigenvalue weighted by Crippen LogP contribution is -2.20. The molecule has 1 heterocycles. The number of ether oxygens (including phenoxy) is 1. The second-order valence-electron chi connectivity index (χ2n) is 4.61. The van der Waals surface area contributed by atoms with E-state index >= 15 is 0 Å². The van der Waals surface area contributed by atoms with Crippen LogP contribution in [0.5, 0.6) is 5.88 Å². The van der Waals surface area contributed by atoms with Gasteiger partial charge in [-0.15, -0.1) is 0 Å². The maximum Gasteiger partial charge on any atom is 0.269 e. The van der Waals surface area contributed by atoms with E-state index in [9.17, 15) is 14.9 Å². The molecule has 0 saturated carbocycles. The molecule has 7 heteroatoms. The second-order valence-corrected chi connectivity index (χ2v) is 4.61. The summed E-state index contributed by atoms with van der Waals surface area (Å²) in [4.78, 5) is 25.9. The van der Waals surface area contributed by atoms with Crippen molar-refractivity contribution < 1.29 is 14.5 Å². The first-order valence-corrected chi connectivity index (χ1v) is 6.78. The van der Waals surface area contributed by atoms with Crippen LogP contribution in [0, 0.1) is 10.1 Å². The van der Waals surface area contributed by atoms with Gasteiger partial charge >= 0.3 is 0 Å². The molecule has 0 radical (unpaired) electrons. The van der Waals surface area contributed by atoms with Crippen molar-refractivity contribution in [3.63, 3.8) is 0 Å². The predicted octanol–water partition coefficient (Wildman–Crippen LogP) is 2.33. The summed E-state index contributed by atoms with van der Waals surface area (Å²) in [5.74, 6) is 0.248.